The third-order valence-electron chi connectivity index (χ3n) is 3.05. The summed E-state index contributed by atoms with van der Waals surface area (Å²) >= 11 is 1.47. The van der Waals surface area contributed by atoms with Crippen LogP contribution < -0.4 is 5.56 Å². The summed E-state index contributed by atoms with van der Waals surface area (Å²) in [5.41, 5.74) is 1.07. The number of thioether (sulfide) groups is 1. The molecule has 0 unspecified atom stereocenters. The monoisotopic (exact) mass is 316 g/mol. The van der Waals surface area contributed by atoms with Gasteiger partial charge in [-0.1, -0.05) is 17.8 Å². The van der Waals surface area contributed by atoms with Crippen LogP contribution in [0.25, 0.3) is 5.65 Å². The Labute approximate surface area is 131 Å². The van der Waals surface area contributed by atoms with E-state index in [9.17, 15) is 4.79 Å². The van der Waals surface area contributed by atoms with Crippen molar-refractivity contribution >= 4 is 17.4 Å². The summed E-state index contributed by atoms with van der Waals surface area (Å²) in [6.45, 7) is 6.11. The zero-order chi connectivity index (χ0) is 15.7. The molecule has 22 heavy (non-hydrogen) atoms. The van der Waals surface area contributed by atoms with Crippen molar-refractivity contribution in [2.75, 3.05) is 0 Å². The van der Waals surface area contributed by atoms with Crippen LogP contribution in [0.5, 0.6) is 0 Å². The summed E-state index contributed by atoms with van der Waals surface area (Å²) in [6.07, 6.45) is 1.71. The molecule has 7 nitrogen and oxygen atoms in total. The van der Waals surface area contributed by atoms with Crippen LogP contribution in [-0.2, 0) is 11.3 Å². The van der Waals surface area contributed by atoms with E-state index in [2.05, 4.69) is 20.5 Å². The summed E-state index contributed by atoms with van der Waals surface area (Å²) in [6, 6.07) is 7.03. The predicted molar refractivity (Wildman–Crippen MR) is 83.8 cm³/mol. The molecular weight excluding hydrogens is 300 g/mol. The molecule has 3 aromatic heterocycles. The van der Waals surface area contributed by atoms with Crippen molar-refractivity contribution in [3.05, 3.63) is 46.5 Å². The van der Waals surface area contributed by atoms with Gasteiger partial charge in [-0.3, -0.25) is 9.20 Å². The van der Waals surface area contributed by atoms with Gasteiger partial charge in [0.25, 0.3) is 5.56 Å². The Balaban J connectivity index is 1.86. The minimum absolute atomic E-state index is 0.0865. The molecule has 0 spiro atoms. The van der Waals surface area contributed by atoms with Crippen molar-refractivity contribution in [3.8, 4) is 0 Å². The molecule has 0 saturated heterocycles. The maximum atomic E-state index is 12.1. The van der Waals surface area contributed by atoms with Gasteiger partial charge in [-0.2, -0.15) is 0 Å². The molecule has 0 saturated carbocycles. The molecular formula is C14H16N6OS. The summed E-state index contributed by atoms with van der Waals surface area (Å²) in [7, 11) is 0. The van der Waals surface area contributed by atoms with E-state index in [0.717, 1.165) is 0 Å². The number of tetrazole rings is 1. The van der Waals surface area contributed by atoms with Gasteiger partial charge in [0.2, 0.25) is 5.16 Å². The van der Waals surface area contributed by atoms with E-state index in [1.54, 1.807) is 16.9 Å². The first-order valence-electron chi connectivity index (χ1n) is 6.84. The molecule has 114 valence electrons. The molecule has 3 aromatic rings. The fourth-order valence-electron chi connectivity index (χ4n) is 2.01. The molecule has 0 N–H and O–H groups in total. The van der Waals surface area contributed by atoms with Gasteiger partial charge in [-0.05, 0) is 43.3 Å². The van der Waals surface area contributed by atoms with Crippen LogP contribution in [0.3, 0.4) is 0 Å². The lowest BCUT2D eigenvalue weighted by molar-refractivity contribution is 0.321. The highest BCUT2D eigenvalue weighted by Gasteiger charge is 2.20. The van der Waals surface area contributed by atoms with Gasteiger partial charge in [0, 0.05) is 18.0 Å². The highest BCUT2D eigenvalue weighted by atomic mass is 32.2. The van der Waals surface area contributed by atoms with Gasteiger partial charge >= 0.3 is 0 Å². The van der Waals surface area contributed by atoms with E-state index in [4.69, 9.17) is 0 Å². The number of hydrogen-bond donors (Lipinski definition) is 0. The van der Waals surface area contributed by atoms with Crippen molar-refractivity contribution in [1.29, 1.82) is 0 Å². The van der Waals surface area contributed by atoms with E-state index in [-0.39, 0.29) is 11.1 Å². The number of aromatic nitrogens is 6. The Kier molecular flexibility index (Phi) is 3.69. The van der Waals surface area contributed by atoms with Gasteiger partial charge in [-0.15, -0.1) is 5.10 Å². The molecule has 8 heteroatoms. The number of hydrogen-bond acceptors (Lipinski definition) is 6. The van der Waals surface area contributed by atoms with Crippen LogP contribution in [0.1, 0.15) is 26.5 Å². The van der Waals surface area contributed by atoms with Crippen LogP contribution in [0, 0.1) is 0 Å². The first-order chi connectivity index (χ1) is 10.4. The van der Waals surface area contributed by atoms with E-state index in [1.165, 1.54) is 16.2 Å². The molecule has 0 bridgehead atoms. The van der Waals surface area contributed by atoms with Crippen molar-refractivity contribution in [2.24, 2.45) is 0 Å². The zero-order valence-electron chi connectivity index (χ0n) is 12.6. The Morgan fingerprint density at radius 3 is 2.86 bits per heavy atom. The molecule has 0 aromatic carbocycles. The standard InChI is InChI=1S/C14H16N6OS/c1-14(2,3)20-13(16-17-18-20)22-9-10-8-12(21)19-7-5-4-6-11(19)15-10/h4-8H,9H2,1-3H3. The Bertz CT molecular complexity index is 863. The van der Waals surface area contributed by atoms with E-state index < -0.39 is 0 Å². The molecule has 0 aliphatic heterocycles. The topological polar surface area (TPSA) is 78.0 Å². The van der Waals surface area contributed by atoms with E-state index in [1.807, 2.05) is 39.0 Å². The number of rotatable bonds is 3. The van der Waals surface area contributed by atoms with Gasteiger partial charge in [-0.25, -0.2) is 9.67 Å². The van der Waals surface area contributed by atoms with Crippen molar-refractivity contribution in [3.63, 3.8) is 0 Å². The fourth-order valence-corrected chi connectivity index (χ4v) is 2.96. The number of pyridine rings is 1. The van der Waals surface area contributed by atoms with Gasteiger partial charge in [0.05, 0.1) is 11.2 Å². The van der Waals surface area contributed by atoms with E-state index in [0.29, 0.717) is 22.3 Å². The maximum absolute atomic E-state index is 12.1. The first-order valence-corrected chi connectivity index (χ1v) is 7.83. The molecule has 0 aliphatic carbocycles. The lowest BCUT2D eigenvalue weighted by atomic mass is 10.1. The molecule has 3 rings (SSSR count). The average molecular weight is 316 g/mol. The van der Waals surface area contributed by atoms with Crippen LogP contribution in [0.2, 0.25) is 0 Å². The number of fused-ring (bicyclic) bond motifs is 1. The largest absolute Gasteiger partial charge is 0.269 e. The van der Waals surface area contributed by atoms with Crippen LogP contribution in [-0.4, -0.2) is 29.6 Å². The van der Waals surface area contributed by atoms with Gasteiger partial charge < -0.3 is 0 Å². The second kappa shape index (κ2) is 5.53. The Morgan fingerprint density at radius 2 is 2.09 bits per heavy atom. The zero-order valence-corrected chi connectivity index (χ0v) is 13.4. The molecule has 0 amide bonds. The average Bonchev–Trinajstić information content (AvgIpc) is 2.94. The Morgan fingerprint density at radius 1 is 1.27 bits per heavy atom. The van der Waals surface area contributed by atoms with Crippen molar-refractivity contribution < 1.29 is 0 Å². The third-order valence-corrected chi connectivity index (χ3v) is 4.00. The normalized spacial score (nSPS) is 12.0. The van der Waals surface area contributed by atoms with Crippen LogP contribution in [0.4, 0.5) is 0 Å². The van der Waals surface area contributed by atoms with Crippen molar-refractivity contribution in [1.82, 2.24) is 29.6 Å². The lowest BCUT2D eigenvalue weighted by Gasteiger charge is -2.19. The van der Waals surface area contributed by atoms with Gasteiger partial charge in [0.1, 0.15) is 5.65 Å². The number of nitrogens with zero attached hydrogens (tertiary/aromatic N) is 6. The maximum Gasteiger partial charge on any atom is 0.258 e. The highest BCUT2D eigenvalue weighted by molar-refractivity contribution is 7.98. The summed E-state index contributed by atoms with van der Waals surface area (Å²) in [4.78, 5) is 16.5. The quantitative estimate of drug-likeness (QED) is 0.685. The third kappa shape index (κ3) is 2.87. The second-order valence-electron chi connectivity index (χ2n) is 5.85. The first kappa shape index (κ1) is 14.7. The molecule has 0 atom stereocenters. The van der Waals surface area contributed by atoms with Crippen LogP contribution >= 0.6 is 11.8 Å². The molecule has 0 aliphatic rings. The minimum Gasteiger partial charge on any atom is -0.269 e. The fraction of sp³-hybridized carbons (Fsp3) is 0.357. The summed E-state index contributed by atoms with van der Waals surface area (Å²) in [5.74, 6) is 0.539. The smallest absolute Gasteiger partial charge is 0.258 e. The SMILES string of the molecule is CC(C)(C)n1nnnc1SCc1cc(=O)n2ccccc2n1. The van der Waals surface area contributed by atoms with E-state index >= 15 is 0 Å². The Hall–Kier alpha value is -2.22. The summed E-state index contributed by atoms with van der Waals surface area (Å²) < 4.78 is 3.29. The van der Waals surface area contributed by atoms with Crippen LogP contribution in [0.15, 0.2) is 40.4 Å². The minimum atomic E-state index is -0.192. The lowest BCUT2D eigenvalue weighted by Crippen LogP contribution is -2.24. The molecule has 0 radical (unpaired) electrons. The van der Waals surface area contributed by atoms with Gasteiger partial charge in [0.15, 0.2) is 0 Å². The molecule has 0 fully saturated rings. The molecule has 3 heterocycles. The second-order valence-corrected chi connectivity index (χ2v) is 6.79. The van der Waals surface area contributed by atoms with Crippen molar-refractivity contribution in [2.45, 2.75) is 37.2 Å². The predicted octanol–water partition coefficient (Wildman–Crippen LogP) is 1.73. The highest BCUT2D eigenvalue weighted by Crippen LogP contribution is 2.23. The summed E-state index contributed by atoms with van der Waals surface area (Å²) in [5, 5.41) is 12.5.